The minimum atomic E-state index is 0.0353. The highest BCUT2D eigenvalue weighted by molar-refractivity contribution is 5.88. The number of rotatable bonds is 3. The summed E-state index contributed by atoms with van der Waals surface area (Å²) in [7, 11) is 1.73. The zero-order valence-electron chi connectivity index (χ0n) is 16.1. The van der Waals surface area contributed by atoms with E-state index in [2.05, 4.69) is 77.1 Å². The third-order valence-corrected chi connectivity index (χ3v) is 4.66. The fourth-order valence-electron chi connectivity index (χ4n) is 3.28. The van der Waals surface area contributed by atoms with Crippen molar-refractivity contribution in [1.29, 1.82) is 0 Å². The standard InChI is InChI=1S/C23H27NO/c1-15(2)17-12-18-19(23(3,4)5)13-20(16-10-8-7-9-11-16)24-21(18)14-22(17)25-6/h7-15H,1-6H3. The van der Waals surface area contributed by atoms with Crippen LogP contribution in [-0.4, -0.2) is 12.1 Å². The minimum Gasteiger partial charge on any atom is -0.496 e. The number of aromatic nitrogens is 1. The number of hydrogen-bond donors (Lipinski definition) is 0. The molecule has 130 valence electrons. The molecule has 0 spiro atoms. The molecule has 0 saturated heterocycles. The topological polar surface area (TPSA) is 22.1 Å². The lowest BCUT2D eigenvalue weighted by atomic mass is 9.83. The van der Waals surface area contributed by atoms with E-state index in [0.717, 1.165) is 22.5 Å². The summed E-state index contributed by atoms with van der Waals surface area (Å²) in [6.45, 7) is 11.2. The summed E-state index contributed by atoms with van der Waals surface area (Å²) < 4.78 is 5.65. The van der Waals surface area contributed by atoms with Gasteiger partial charge in [0, 0.05) is 17.0 Å². The van der Waals surface area contributed by atoms with E-state index in [-0.39, 0.29) is 5.41 Å². The summed E-state index contributed by atoms with van der Waals surface area (Å²) in [6.07, 6.45) is 0. The maximum Gasteiger partial charge on any atom is 0.124 e. The monoisotopic (exact) mass is 333 g/mol. The summed E-state index contributed by atoms with van der Waals surface area (Å²) in [6, 6.07) is 17.0. The molecule has 0 atom stereocenters. The van der Waals surface area contributed by atoms with Crippen molar-refractivity contribution in [1.82, 2.24) is 4.98 Å². The minimum absolute atomic E-state index is 0.0353. The Balaban J connectivity index is 2.36. The van der Waals surface area contributed by atoms with Crippen LogP contribution in [0.5, 0.6) is 5.75 Å². The molecule has 3 aromatic rings. The molecule has 0 fully saturated rings. The molecule has 1 heterocycles. The average Bonchev–Trinajstić information content (AvgIpc) is 2.59. The Morgan fingerprint density at radius 3 is 2.20 bits per heavy atom. The van der Waals surface area contributed by atoms with E-state index in [0.29, 0.717) is 5.92 Å². The van der Waals surface area contributed by atoms with Crippen LogP contribution in [-0.2, 0) is 5.41 Å². The largest absolute Gasteiger partial charge is 0.496 e. The molecule has 2 nitrogen and oxygen atoms in total. The summed E-state index contributed by atoms with van der Waals surface area (Å²) in [5, 5.41) is 1.22. The van der Waals surface area contributed by atoms with Crippen LogP contribution in [0, 0.1) is 0 Å². The molecule has 0 bridgehead atoms. The Labute approximate surface area is 150 Å². The molecule has 0 aliphatic carbocycles. The third-order valence-electron chi connectivity index (χ3n) is 4.66. The van der Waals surface area contributed by atoms with Crippen molar-refractivity contribution in [3.05, 3.63) is 59.7 Å². The number of ether oxygens (including phenoxy) is 1. The van der Waals surface area contributed by atoms with Crippen LogP contribution in [0.25, 0.3) is 22.2 Å². The summed E-state index contributed by atoms with van der Waals surface area (Å²) in [5.74, 6) is 1.32. The molecule has 0 aliphatic rings. The first-order chi connectivity index (χ1) is 11.8. The molecule has 0 radical (unpaired) electrons. The first kappa shape index (κ1) is 17.5. The first-order valence-corrected chi connectivity index (χ1v) is 8.90. The second-order valence-corrected chi connectivity index (χ2v) is 7.94. The van der Waals surface area contributed by atoms with Crippen LogP contribution in [0.4, 0.5) is 0 Å². The molecule has 25 heavy (non-hydrogen) atoms. The van der Waals surface area contributed by atoms with Gasteiger partial charge in [-0.3, -0.25) is 0 Å². The SMILES string of the molecule is COc1cc2nc(-c3ccccc3)cc(C(C)(C)C)c2cc1C(C)C. The molecule has 0 amide bonds. The second-order valence-electron chi connectivity index (χ2n) is 7.94. The Morgan fingerprint density at radius 2 is 1.64 bits per heavy atom. The normalized spacial score (nSPS) is 12.0. The van der Waals surface area contributed by atoms with E-state index < -0.39 is 0 Å². The summed E-state index contributed by atoms with van der Waals surface area (Å²) >= 11 is 0. The molecule has 2 heteroatoms. The zero-order valence-corrected chi connectivity index (χ0v) is 16.1. The smallest absolute Gasteiger partial charge is 0.124 e. The first-order valence-electron chi connectivity index (χ1n) is 8.90. The van der Waals surface area contributed by atoms with Crippen molar-refractivity contribution in [3.8, 4) is 17.0 Å². The number of pyridine rings is 1. The number of benzene rings is 2. The predicted octanol–water partition coefficient (Wildman–Crippen LogP) is 6.33. The van der Waals surface area contributed by atoms with Gasteiger partial charge in [-0.05, 0) is 34.6 Å². The molecule has 2 aromatic carbocycles. The van der Waals surface area contributed by atoms with Gasteiger partial charge in [-0.1, -0.05) is 65.0 Å². The van der Waals surface area contributed by atoms with Crippen LogP contribution >= 0.6 is 0 Å². The number of methoxy groups -OCH3 is 1. The van der Waals surface area contributed by atoms with Gasteiger partial charge >= 0.3 is 0 Å². The molecule has 1 aromatic heterocycles. The maximum atomic E-state index is 5.65. The van der Waals surface area contributed by atoms with E-state index in [1.807, 2.05) is 6.07 Å². The Hall–Kier alpha value is -2.35. The van der Waals surface area contributed by atoms with Crippen molar-refractivity contribution in [2.45, 2.75) is 46.0 Å². The maximum absolute atomic E-state index is 5.65. The van der Waals surface area contributed by atoms with Gasteiger partial charge in [-0.2, -0.15) is 0 Å². The van der Waals surface area contributed by atoms with Gasteiger partial charge in [0.2, 0.25) is 0 Å². The van der Waals surface area contributed by atoms with Crippen molar-refractivity contribution in [3.63, 3.8) is 0 Å². The van der Waals surface area contributed by atoms with E-state index in [1.165, 1.54) is 16.5 Å². The van der Waals surface area contributed by atoms with Gasteiger partial charge in [0.1, 0.15) is 5.75 Å². The summed E-state index contributed by atoms with van der Waals surface area (Å²) in [5.41, 5.74) is 5.73. The van der Waals surface area contributed by atoms with Gasteiger partial charge in [0.15, 0.2) is 0 Å². The fraction of sp³-hybridized carbons (Fsp3) is 0.348. The van der Waals surface area contributed by atoms with Crippen LogP contribution in [0.2, 0.25) is 0 Å². The van der Waals surface area contributed by atoms with Gasteiger partial charge in [0.05, 0.1) is 18.3 Å². The Morgan fingerprint density at radius 1 is 0.960 bits per heavy atom. The summed E-state index contributed by atoms with van der Waals surface area (Å²) in [4.78, 5) is 4.95. The molecular formula is C23H27NO. The average molecular weight is 333 g/mol. The lowest BCUT2D eigenvalue weighted by molar-refractivity contribution is 0.408. The Kier molecular flexibility index (Phi) is 4.55. The van der Waals surface area contributed by atoms with E-state index in [1.54, 1.807) is 7.11 Å². The van der Waals surface area contributed by atoms with Gasteiger partial charge in [-0.25, -0.2) is 4.98 Å². The quantitative estimate of drug-likeness (QED) is 0.558. The number of nitrogens with zero attached hydrogens (tertiary/aromatic N) is 1. The number of fused-ring (bicyclic) bond motifs is 1. The van der Waals surface area contributed by atoms with Crippen molar-refractivity contribution >= 4 is 10.9 Å². The highest BCUT2D eigenvalue weighted by Crippen LogP contribution is 2.37. The lowest BCUT2D eigenvalue weighted by Crippen LogP contribution is -2.13. The third kappa shape index (κ3) is 3.39. The molecule has 0 saturated carbocycles. The van der Waals surface area contributed by atoms with E-state index in [9.17, 15) is 0 Å². The second kappa shape index (κ2) is 6.51. The van der Waals surface area contributed by atoms with Crippen LogP contribution in [0.15, 0.2) is 48.5 Å². The van der Waals surface area contributed by atoms with Crippen molar-refractivity contribution < 1.29 is 4.74 Å². The van der Waals surface area contributed by atoms with Crippen molar-refractivity contribution in [2.24, 2.45) is 0 Å². The van der Waals surface area contributed by atoms with Gasteiger partial charge in [-0.15, -0.1) is 0 Å². The number of hydrogen-bond acceptors (Lipinski definition) is 2. The molecular weight excluding hydrogens is 306 g/mol. The Bertz CT molecular complexity index is 889. The van der Waals surface area contributed by atoms with Crippen molar-refractivity contribution in [2.75, 3.05) is 7.11 Å². The molecule has 3 rings (SSSR count). The van der Waals surface area contributed by atoms with Crippen LogP contribution in [0.1, 0.15) is 51.7 Å². The van der Waals surface area contributed by atoms with Gasteiger partial charge in [0.25, 0.3) is 0 Å². The lowest BCUT2D eigenvalue weighted by Gasteiger charge is -2.24. The molecule has 0 aliphatic heterocycles. The van der Waals surface area contributed by atoms with Crippen LogP contribution in [0.3, 0.4) is 0 Å². The molecule has 0 N–H and O–H groups in total. The molecule has 0 unspecified atom stereocenters. The van der Waals surface area contributed by atoms with Gasteiger partial charge < -0.3 is 4.74 Å². The predicted molar refractivity (Wildman–Crippen MR) is 107 cm³/mol. The van der Waals surface area contributed by atoms with Crippen LogP contribution < -0.4 is 4.74 Å². The fourth-order valence-corrected chi connectivity index (χ4v) is 3.28. The van der Waals surface area contributed by atoms with E-state index in [4.69, 9.17) is 9.72 Å². The highest BCUT2D eigenvalue weighted by atomic mass is 16.5. The zero-order chi connectivity index (χ0) is 18.2. The van der Waals surface area contributed by atoms with E-state index >= 15 is 0 Å². The highest BCUT2D eigenvalue weighted by Gasteiger charge is 2.21.